The van der Waals surface area contributed by atoms with Crippen LogP contribution in [0.2, 0.25) is 0 Å². The van der Waals surface area contributed by atoms with Gasteiger partial charge in [0.2, 0.25) is 5.88 Å². The predicted octanol–water partition coefficient (Wildman–Crippen LogP) is 3.21. The lowest BCUT2D eigenvalue weighted by Crippen LogP contribution is -2.49. The lowest BCUT2D eigenvalue weighted by molar-refractivity contribution is 0.128. The van der Waals surface area contributed by atoms with Crippen molar-refractivity contribution in [1.82, 2.24) is 20.5 Å². The maximum atomic E-state index is 6.15. The summed E-state index contributed by atoms with van der Waals surface area (Å²) in [5.74, 6) is 2.44. The Morgan fingerprint density at radius 3 is 2.68 bits per heavy atom. The first-order chi connectivity index (χ1) is 15.2. The van der Waals surface area contributed by atoms with Gasteiger partial charge >= 0.3 is 0 Å². The molecular formula is C24H41N5O2. The van der Waals surface area contributed by atoms with E-state index in [2.05, 4.69) is 34.4 Å². The number of likely N-dealkylation sites (tertiary alicyclic amines) is 1. The number of nitrogens with one attached hydrogen (secondary N) is 2. The fourth-order valence-electron chi connectivity index (χ4n) is 4.34. The van der Waals surface area contributed by atoms with Crippen molar-refractivity contribution in [3.8, 4) is 5.88 Å². The van der Waals surface area contributed by atoms with E-state index in [0.29, 0.717) is 18.7 Å². The molecule has 1 saturated carbocycles. The highest BCUT2D eigenvalue weighted by molar-refractivity contribution is 5.80. The molecule has 1 aliphatic carbocycles. The van der Waals surface area contributed by atoms with Crippen LogP contribution in [0.3, 0.4) is 0 Å². The summed E-state index contributed by atoms with van der Waals surface area (Å²) in [5, 5.41) is 7.01. The third-order valence-electron chi connectivity index (χ3n) is 6.35. The Labute approximate surface area is 188 Å². The molecule has 3 rings (SSSR count). The Kier molecular flexibility index (Phi) is 9.87. The fraction of sp³-hybridized carbons (Fsp3) is 0.750. The van der Waals surface area contributed by atoms with Crippen LogP contribution in [0, 0.1) is 5.92 Å². The summed E-state index contributed by atoms with van der Waals surface area (Å²) in [6.45, 7) is 9.92. The van der Waals surface area contributed by atoms with Crippen LogP contribution in [0.15, 0.2) is 23.3 Å². The molecule has 1 aromatic rings. The molecule has 31 heavy (non-hydrogen) atoms. The van der Waals surface area contributed by atoms with Crippen LogP contribution < -0.4 is 15.4 Å². The third-order valence-corrected chi connectivity index (χ3v) is 6.35. The Hall–Kier alpha value is -1.86. The number of guanidine groups is 1. The number of aliphatic imine (C=N–C) groups is 1. The summed E-state index contributed by atoms with van der Waals surface area (Å²) in [4.78, 5) is 11.7. The molecule has 2 aliphatic rings. The van der Waals surface area contributed by atoms with Crippen LogP contribution in [-0.4, -0.2) is 67.9 Å². The number of methoxy groups -OCH3 is 1. The summed E-state index contributed by atoms with van der Waals surface area (Å²) in [7, 11) is 1.77. The number of hydrogen-bond donors (Lipinski definition) is 2. The largest absolute Gasteiger partial charge is 0.474 e. The maximum Gasteiger partial charge on any atom is 0.213 e. The Morgan fingerprint density at radius 2 is 1.97 bits per heavy atom. The number of nitrogens with zero attached hydrogens (tertiary/aromatic N) is 3. The topological polar surface area (TPSA) is 71.0 Å². The second kappa shape index (κ2) is 12.9. The van der Waals surface area contributed by atoms with Gasteiger partial charge in [-0.05, 0) is 63.0 Å². The SMILES string of the molecule is CCNC(=NCc1ccnc(OC2CCC(C)CC2)c1)NC1CCN(CCOC)CC1. The van der Waals surface area contributed by atoms with Gasteiger partial charge in [0, 0.05) is 51.6 Å². The molecule has 1 aromatic heterocycles. The summed E-state index contributed by atoms with van der Waals surface area (Å²) in [5.41, 5.74) is 1.13. The molecule has 1 saturated heterocycles. The van der Waals surface area contributed by atoms with Gasteiger partial charge in [-0.2, -0.15) is 0 Å². The average molecular weight is 432 g/mol. The molecule has 0 spiro atoms. The zero-order valence-corrected chi connectivity index (χ0v) is 19.6. The summed E-state index contributed by atoms with van der Waals surface area (Å²) >= 11 is 0. The molecular weight excluding hydrogens is 390 g/mol. The van der Waals surface area contributed by atoms with E-state index < -0.39 is 0 Å². The fourth-order valence-corrected chi connectivity index (χ4v) is 4.34. The molecule has 7 heteroatoms. The molecule has 174 valence electrons. The zero-order chi connectivity index (χ0) is 21.9. The lowest BCUT2D eigenvalue weighted by atomic mass is 9.89. The second-order valence-electron chi connectivity index (χ2n) is 8.95. The molecule has 0 radical (unpaired) electrons. The molecule has 2 heterocycles. The number of piperidine rings is 1. The van der Waals surface area contributed by atoms with Gasteiger partial charge in [-0.15, -0.1) is 0 Å². The van der Waals surface area contributed by atoms with E-state index in [9.17, 15) is 0 Å². The van der Waals surface area contributed by atoms with Gasteiger partial charge in [0.15, 0.2) is 5.96 Å². The van der Waals surface area contributed by atoms with Crippen molar-refractivity contribution in [3.63, 3.8) is 0 Å². The van der Waals surface area contributed by atoms with Gasteiger partial charge in [0.25, 0.3) is 0 Å². The van der Waals surface area contributed by atoms with Crippen LogP contribution in [0.1, 0.15) is 57.9 Å². The van der Waals surface area contributed by atoms with Crippen molar-refractivity contribution in [3.05, 3.63) is 23.9 Å². The number of ether oxygens (including phenoxy) is 2. The van der Waals surface area contributed by atoms with Crippen molar-refractivity contribution >= 4 is 5.96 Å². The predicted molar refractivity (Wildman–Crippen MR) is 126 cm³/mol. The van der Waals surface area contributed by atoms with E-state index in [1.807, 2.05) is 18.3 Å². The average Bonchev–Trinajstić information content (AvgIpc) is 2.79. The van der Waals surface area contributed by atoms with E-state index in [-0.39, 0.29) is 0 Å². The molecule has 0 aromatic carbocycles. The highest BCUT2D eigenvalue weighted by Crippen LogP contribution is 2.26. The quantitative estimate of drug-likeness (QED) is 0.462. The molecule has 0 unspecified atom stereocenters. The van der Waals surface area contributed by atoms with Crippen LogP contribution in [0.25, 0.3) is 0 Å². The number of hydrogen-bond acceptors (Lipinski definition) is 5. The lowest BCUT2D eigenvalue weighted by Gasteiger charge is -2.32. The third kappa shape index (κ3) is 8.30. The summed E-state index contributed by atoms with van der Waals surface area (Å²) in [6.07, 6.45) is 9.14. The summed E-state index contributed by atoms with van der Waals surface area (Å²) < 4.78 is 11.4. The Morgan fingerprint density at radius 1 is 1.19 bits per heavy atom. The minimum atomic E-state index is 0.302. The monoisotopic (exact) mass is 431 g/mol. The number of rotatable bonds is 9. The van der Waals surface area contributed by atoms with E-state index in [4.69, 9.17) is 14.5 Å². The van der Waals surface area contributed by atoms with Crippen LogP contribution in [0.4, 0.5) is 0 Å². The first-order valence-electron chi connectivity index (χ1n) is 12.0. The van der Waals surface area contributed by atoms with E-state index in [0.717, 1.165) is 81.8 Å². The van der Waals surface area contributed by atoms with Crippen molar-refractivity contribution < 1.29 is 9.47 Å². The number of aromatic nitrogens is 1. The first kappa shape index (κ1) is 23.8. The van der Waals surface area contributed by atoms with Crippen LogP contribution >= 0.6 is 0 Å². The van der Waals surface area contributed by atoms with Gasteiger partial charge in [0.1, 0.15) is 6.10 Å². The van der Waals surface area contributed by atoms with Gasteiger partial charge in [-0.1, -0.05) is 6.92 Å². The van der Waals surface area contributed by atoms with Gasteiger partial charge in [-0.25, -0.2) is 9.98 Å². The van der Waals surface area contributed by atoms with Crippen LogP contribution in [0.5, 0.6) is 5.88 Å². The molecule has 0 atom stereocenters. The molecule has 7 nitrogen and oxygen atoms in total. The van der Waals surface area contributed by atoms with E-state index in [1.165, 1.54) is 12.8 Å². The Balaban J connectivity index is 1.49. The maximum absolute atomic E-state index is 6.15. The minimum absolute atomic E-state index is 0.302. The molecule has 2 N–H and O–H groups in total. The van der Waals surface area contributed by atoms with Crippen molar-refractivity contribution in [2.45, 2.75) is 71.1 Å². The highest BCUT2D eigenvalue weighted by Gasteiger charge is 2.21. The summed E-state index contributed by atoms with van der Waals surface area (Å²) in [6, 6.07) is 4.53. The van der Waals surface area contributed by atoms with Gasteiger partial charge in [-0.3, -0.25) is 0 Å². The van der Waals surface area contributed by atoms with Gasteiger partial charge < -0.3 is 25.0 Å². The van der Waals surface area contributed by atoms with Crippen LogP contribution in [-0.2, 0) is 11.3 Å². The highest BCUT2D eigenvalue weighted by atomic mass is 16.5. The van der Waals surface area contributed by atoms with Crippen molar-refractivity contribution in [1.29, 1.82) is 0 Å². The Bertz CT molecular complexity index is 668. The van der Waals surface area contributed by atoms with E-state index >= 15 is 0 Å². The normalized spacial score (nSPS) is 23.5. The second-order valence-corrected chi connectivity index (χ2v) is 8.95. The van der Waals surface area contributed by atoms with Crippen molar-refractivity contribution in [2.24, 2.45) is 10.9 Å². The first-order valence-corrected chi connectivity index (χ1v) is 12.0. The zero-order valence-electron chi connectivity index (χ0n) is 19.6. The molecule has 0 bridgehead atoms. The van der Waals surface area contributed by atoms with E-state index in [1.54, 1.807) is 7.11 Å². The molecule has 0 amide bonds. The molecule has 2 fully saturated rings. The standard InChI is InChI=1S/C24H41N5O2/c1-4-25-24(28-21-10-13-29(14-11-21)15-16-30-3)27-18-20-9-12-26-23(17-20)31-22-7-5-19(2)6-8-22/h9,12,17,19,21-22H,4-8,10-11,13-16,18H2,1-3H3,(H2,25,27,28). The van der Waals surface area contributed by atoms with Gasteiger partial charge in [0.05, 0.1) is 13.2 Å². The van der Waals surface area contributed by atoms with Crippen molar-refractivity contribution in [2.75, 3.05) is 39.9 Å². The number of pyridine rings is 1. The molecule has 1 aliphatic heterocycles. The minimum Gasteiger partial charge on any atom is -0.474 e. The smallest absolute Gasteiger partial charge is 0.213 e.